The maximum Gasteiger partial charge on any atom is 0.495 e. The molecule has 14 rings (SSSR count). The van der Waals surface area contributed by atoms with E-state index < -0.39 is 79.8 Å². The zero-order valence-corrected chi connectivity index (χ0v) is 76.5. The number of carbonyl (C=O) groups is 7. The number of benzene rings is 7. The van der Waals surface area contributed by atoms with Gasteiger partial charge in [0.05, 0.1) is 132 Å². The first-order chi connectivity index (χ1) is 62.0. The minimum atomic E-state index is -1.24. The van der Waals surface area contributed by atoms with Crippen molar-refractivity contribution < 1.29 is 96.8 Å². The molecule has 1 aliphatic heterocycles. The molecule has 41 nitrogen and oxygen atoms in total. The number of hydrogen-bond acceptors (Lipinski definition) is 32. The SMILES string of the molecule is CC.CC1(C)OB(c2cc(C(=O)O)cc([N+](=O)[O-])c2)OC1(C)C.COC(=O)c1cc(-c2ccc(C)cn2)cc(-n2cnnn2)c1.COC(=O)c1cc(-c2ccc(C)cn2)cc([N+](=O)[O-])c1.COC(=O)c1cc(I)cc([N+](=O)[O-])c1.COC(=O)c1cc(N)cc(-c2ccc(C)cn2)c1.Cc1ccc(-c2cc(C(=O)O)cc(-n3cnnn3)c2)nc1.O=C(O)c1cc(I)cc([N+](=O)[O-])c1. The third-order valence-electron chi connectivity index (χ3n) is 18.3. The summed E-state index contributed by atoms with van der Waals surface area (Å²) in [5, 5.41) is 91.5. The number of methoxy groups -OCH3 is 4. The minimum absolute atomic E-state index is 0.0707. The zero-order valence-electron chi connectivity index (χ0n) is 72.2. The quantitative estimate of drug-likeness (QED) is 0.0118. The number of aromatic carboxylic acids is 3. The lowest BCUT2D eigenvalue weighted by atomic mass is 9.78. The van der Waals surface area contributed by atoms with Crippen LogP contribution in [0.2, 0.25) is 0 Å². The number of nitro groups is 4. The number of nitrogen functional groups attached to an aromatic ring is 1. The predicted molar refractivity (Wildman–Crippen MR) is 492 cm³/mol. The number of tetrazole rings is 2. The van der Waals surface area contributed by atoms with Gasteiger partial charge in [0.1, 0.15) is 12.7 Å². The Hall–Kier alpha value is -15.6. The van der Waals surface area contributed by atoms with E-state index in [4.69, 9.17) is 30.0 Å². The van der Waals surface area contributed by atoms with Gasteiger partial charge in [0.15, 0.2) is 0 Å². The molecule has 0 bridgehead atoms. The molecule has 0 aliphatic carbocycles. The highest BCUT2D eigenvalue weighted by Crippen LogP contribution is 2.37. The number of carboxylic acid groups (broad SMARTS) is 3. The third-order valence-corrected chi connectivity index (χ3v) is 19.5. The van der Waals surface area contributed by atoms with Crippen molar-refractivity contribution in [3.05, 3.63) is 322 Å². The fourth-order valence-corrected chi connectivity index (χ4v) is 12.4. The van der Waals surface area contributed by atoms with E-state index in [9.17, 15) is 79.1 Å². The highest BCUT2D eigenvalue weighted by molar-refractivity contribution is 14.1. The second-order valence-corrected chi connectivity index (χ2v) is 30.7. The Morgan fingerprint density at radius 1 is 0.389 bits per heavy atom. The maximum absolute atomic E-state index is 11.9. The summed E-state index contributed by atoms with van der Waals surface area (Å²) in [4.78, 5) is 136. The molecule has 1 aliphatic rings. The summed E-state index contributed by atoms with van der Waals surface area (Å²) >= 11 is 3.73. The monoisotopic (exact) mass is 2010 g/mol. The van der Waals surface area contributed by atoms with Gasteiger partial charge in [0.2, 0.25) is 0 Å². The second kappa shape index (κ2) is 47.3. The van der Waals surface area contributed by atoms with Gasteiger partial charge in [-0.1, -0.05) is 38.1 Å². The highest BCUT2D eigenvalue weighted by Gasteiger charge is 2.52. The Morgan fingerprint density at radius 2 is 0.672 bits per heavy atom. The normalized spacial score (nSPS) is 11.5. The van der Waals surface area contributed by atoms with Gasteiger partial charge in [-0.3, -0.25) is 60.4 Å². The predicted octanol–water partition coefficient (Wildman–Crippen LogP) is 15.2. The Morgan fingerprint density at radius 3 is 1.00 bits per heavy atom. The number of hydrogen-bond donors (Lipinski definition) is 4. The summed E-state index contributed by atoms with van der Waals surface area (Å²) in [6.45, 7) is 19.2. The zero-order chi connectivity index (χ0) is 96.9. The molecule has 1 fully saturated rings. The van der Waals surface area contributed by atoms with Crippen molar-refractivity contribution in [1.29, 1.82) is 0 Å². The van der Waals surface area contributed by atoms with Crippen LogP contribution in [-0.2, 0) is 28.3 Å². The molecule has 7 heterocycles. The van der Waals surface area contributed by atoms with Crippen molar-refractivity contribution in [2.75, 3.05) is 34.2 Å². The number of esters is 4. The van der Waals surface area contributed by atoms with Crippen LogP contribution in [0.25, 0.3) is 56.4 Å². The Kier molecular flexibility index (Phi) is 37.0. The largest absolute Gasteiger partial charge is 0.495 e. The number of rotatable bonds is 18. The van der Waals surface area contributed by atoms with Gasteiger partial charge in [-0.2, -0.15) is 0 Å². The van der Waals surface area contributed by atoms with E-state index in [1.807, 2.05) is 163 Å². The third kappa shape index (κ3) is 29.5. The van der Waals surface area contributed by atoms with Crippen LogP contribution in [0.1, 0.15) is 136 Å². The lowest BCUT2D eigenvalue weighted by Crippen LogP contribution is -2.41. The first-order valence-corrected chi connectivity index (χ1v) is 40.4. The minimum Gasteiger partial charge on any atom is -0.478 e. The number of halogens is 2. The van der Waals surface area contributed by atoms with Gasteiger partial charge in [0, 0.05) is 108 Å². The van der Waals surface area contributed by atoms with Crippen molar-refractivity contribution in [2.24, 2.45) is 0 Å². The molecule has 7 aromatic carbocycles. The van der Waals surface area contributed by atoms with Crippen molar-refractivity contribution in [3.63, 3.8) is 0 Å². The van der Waals surface area contributed by atoms with Crippen molar-refractivity contribution in [2.45, 2.75) is 80.4 Å². The molecule has 13 aromatic rings. The van der Waals surface area contributed by atoms with Gasteiger partial charge in [-0.05, 0) is 252 Å². The summed E-state index contributed by atoms with van der Waals surface area (Å²) in [6.07, 6.45) is 9.81. The van der Waals surface area contributed by atoms with Crippen molar-refractivity contribution in [3.8, 4) is 56.4 Å². The smallest absolute Gasteiger partial charge is 0.478 e. The van der Waals surface area contributed by atoms with Gasteiger partial charge < -0.3 is 49.3 Å². The summed E-state index contributed by atoms with van der Waals surface area (Å²) in [5.41, 5.74) is 16.6. The fourth-order valence-electron chi connectivity index (χ4n) is 11.1. The number of nitrogens with two attached hydrogens (primary N) is 1. The molecule has 0 atom stereocenters. The number of pyridine rings is 4. The molecule has 0 amide bonds. The number of nitrogens with zero attached hydrogens (tertiary/aromatic N) is 16. The topological polar surface area (TPSA) is 573 Å². The number of ether oxygens (including phenoxy) is 4. The van der Waals surface area contributed by atoms with Gasteiger partial charge in [0.25, 0.3) is 22.7 Å². The molecule has 6 aromatic heterocycles. The van der Waals surface area contributed by atoms with Crippen LogP contribution >= 0.6 is 45.2 Å². The molecule has 5 N–H and O–H groups in total. The van der Waals surface area contributed by atoms with Crippen LogP contribution in [0.5, 0.6) is 0 Å². The fraction of sp³-hybridized carbons (Fsp3) is 0.184. The summed E-state index contributed by atoms with van der Waals surface area (Å²) in [7, 11) is 4.30. The van der Waals surface area contributed by atoms with Gasteiger partial charge >= 0.3 is 48.9 Å². The average Bonchev–Trinajstić information content (AvgIpc) is 1.62. The Balaban J connectivity index is 0.000000210. The highest BCUT2D eigenvalue weighted by atomic mass is 127. The van der Waals surface area contributed by atoms with Gasteiger partial charge in [-0.25, -0.2) is 42.9 Å². The van der Waals surface area contributed by atoms with Crippen molar-refractivity contribution in [1.82, 2.24) is 60.4 Å². The number of non-ortho nitro benzene ring substituents is 4. The van der Waals surface area contributed by atoms with Crippen LogP contribution < -0.4 is 11.2 Å². The second-order valence-electron chi connectivity index (χ2n) is 28.2. The first kappa shape index (κ1) is 102. The van der Waals surface area contributed by atoms with Crippen LogP contribution in [-0.4, -0.2) is 184 Å². The van der Waals surface area contributed by atoms with Crippen LogP contribution in [0.4, 0.5) is 28.4 Å². The Labute approximate surface area is 773 Å². The molecule has 1 saturated heterocycles. The van der Waals surface area contributed by atoms with Crippen LogP contribution in [0.3, 0.4) is 0 Å². The van der Waals surface area contributed by atoms with E-state index >= 15 is 0 Å². The molecule has 676 valence electrons. The lowest BCUT2D eigenvalue weighted by molar-refractivity contribution is -0.385. The molecule has 131 heavy (non-hydrogen) atoms. The number of aromatic nitrogens is 12. The number of carboxylic acids is 3. The van der Waals surface area contributed by atoms with Crippen molar-refractivity contribution >= 4 is 128 Å². The summed E-state index contributed by atoms with van der Waals surface area (Å²) < 4.78 is 34.1. The molecular formula is C87H82BI2N17O24. The lowest BCUT2D eigenvalue weighted by Gasteiger charge is -2.32. The molecule has 44 heteroatoms. The average molecular weight is 2010 g/mol. The van der Waals surface area contributed by atoms with E-state index in [1.165, 1.54) is 117 Å². The maximum atomic E-state index is 11.9. The molecule has 0 saturated carbocycles. The molecule has 0 radical (unpaired) electrons. The van der Waals surface area contributed by atoms with Gasteiger partial charge in [-0.15, -0.1) is 10.2 Å². The van der Waals surface area contributed by atoms with E-state index in [1.54, 1.807) is 73.3 Å². The summed E-state index contributed by atoms with van der Waals surface area (Å²) in [6, 6.07) is 45.8. The summed E-state index contributed by atoms with van der Waals surface area (Å²) in [5.74, 6) is -5.45. The number of nitro benzene ring substituents is 4. The number of aryl methyl sites for hydroxylation is 4. The van der Waals surface area contributed by atoms with E-state index in [2.05, 4.69) is 65.2 Å². The van der Waals surface area contributed by atoms with Crippen LogP contribution in [0, 0.1) is 75.3 Å². The standard InChI is InChI=1S/C15H13N5O2.C14H11N5O2.C14H12N2O4.C14H14N2O2.C13H16BNO6.C8H6INO4.C7H4INO4.C2H6/c1-10-3-4-14(16-8-10)11-5-12(15(21)22-2)7-13(6-11)20-9-17-18-19-20;1-9-2-3-13(15-7-9)10-4-11(14(20)21)6-12(5-10)19-8-16-17-18-19;1-9-3-4-13(15-8-9)10-5-11(14(17)20-2)7-12(6-10)16(18)19;1-9-3-4-13(16-8-9)10-5-11(14(17)18-2)7-12(15)6-10;1-12(2)13(3,4)21-14(20-12)9-5-8(11(16)17)6-10(7-9)15(18)19;1-14-8(11)5-2-6(9)4-7(3-5)10(12)13;8-5-1-4(7(10)11)2-6(3-5)9(12)13;1-2/h3-9H,1-2H3;2-8H,1H3,(H,20,21);3-8H,1-2H3;3-8H,15H2,1-2H3;5-7H,1-4H3,(H,16,17);2-4H,1H3;1-3H,(H,10,11);1-2H3. The molecular weight excluding hydrogens is 1930 g/mol. The van der Waals surface area contributed by atoms with Crippen LogP contribution in [0.15, 0.2) is 213 Å². The van der Waals surface area contributed by atoms with E-state index in [-0.39, 0.29) is 50.6 Å². The number of anilines is 1. The number of carbonyl (C=O) groups excluding carboxylic acids is 4. The first-order valence-electron chi connectivity index (χ1n) is 38.3. The van der Waals surface area contributed by atoms with E-state index in [0.29, 0.717) is 63.3 Å². The molecule has 0 spiro atoms. The van der Waals surface area contributed by atoms with E-state index in [0.717, 1.165) is 56.9 Å². The molecule has 0 unspecified atom stereocenters. The Bertz CT molecular complexity index is 6240.